The predicted octanol–water partition coefficient (Wildman–Crippen LogP) is 2.89. The molecule has 0 fully saturated rings. The van der Waals surface area contributed by atoms with Gasteiger partial charge in [-0.05, 0) is 53.1 Å². The van der Waals surface area contributed by atoms with E-state index in [2.05, 4.69) is 15.0 Å². The van der Waals surface area contributed by atoms with Gasteiger partial charge in [0.1, 0.15) is 18.2 Å². The number of fused-ring (bicyclic) bond motifs is 1. The summed E-state index contributed by atoms with van der Waals surface area (Å²) in [6.45, 7) is 0.120. The van der Waals surface area contributed by atoms with E-state index in [4.69, 9.17) is 16.2 Å². The van der Waals surface area contributed by atoms with Crippen LogP contribution in [0.5, 0.6) is 0 Å². The molecular weight excluding hydrogens is 418 g/mol. The highest BCUT2D eigenvalue weighted by Crippen LogP contribution is 2.20. The molecule has 0 saturated heterocycles. The van der Waals surface area contributed by atoms with Gasteiger partial charge >= 0.3 is 0 Å². The van der Waals surface area contributed by atoms with Crippen molar-refractivity contribution in [2.45, 2.75) is 19.1 Å². The number of carbonyl (C=O) groups excluding carboxylic acids is 1. The average Bonchev–Trinajstić information content (AvgIpc) is 2.80. The summed E-state index contributed by atoms with van der Waals surface area (Å²) in [6.07, 6.45) is 5.70. The number of nitrogen functional groups attached to an aromatic ring is 2. The molecule has 0 amide bonds. The maximum Gasteiger partial charge on any atom is 0.248 e. The van der Waals surface area contributed by atoms with Gasteiger partial charge < -0.3 is 21.2 Å². The van der Waals surface area contributed by atoms with Gasteiger partial charge in [0.25, 0.3) is 0 Å². The molecule has 33 heavy (non-hydrogen) atoms. The minimum atomic E-state index is -0.766. The molecule has 0 aliphatic heterocycles. The summed E-state index contributed by atoms with van der Waals surface area (Å²) in [5, 5.41) is 0.745. The van der Waals surface area contributed by atoms with E-state index in [1.54, 1.807) is 30.5 Å². The fourth-order valence-corrected chi connectivity index (χ4v) is 3.43. The predicted molar refractivity (Wildman–Crippen MR) is 128 cm³/mol. The lowest BCUT2D eigenvalue weighted by atomic mass is 10.0. The van der Waals surface area contributed by atoms with Gasteiger partial charge in [-0.15, -0.1) is 0 Å². The highest BCUT2D eigenvalue weighted by Gasteiger charge is 2.18. The first-order chi connectivity index (χ1) is 16.0. The minimum Gasteiger partial charge on any atom is -0.399 e. The maximum absolute atomic E-state index is 13.1. The minimum absolute atomic E-state index is 0.120. The second kappa shape index (κ2) is 9.88. The molecule has 4 aromatic rings. The van der Waals surface area contributed by atoms with Gasteiger partial charge in [0, 0.05) is 29.8 Å². The molecule has 4 rings (SSSR count). The summed E-state index contributed by atoms with van der Waals surface area (Å²) in [7, 11) is 0. The van der Waals surface area contributed by atoms with Crippen LogP contribution in [-0.2, 0) is 22.6 Å². The number of nitrogens with one attached hydrogen (secondary N) is 1. The molecule has 2 heterocycles. The Morgan fingerprint density at radius 3 is 2.76 bits per heavy atom. The molecule has 2 aromatic carbocycles. The number of ether oxygens (including phenoxy) is 1. The molecule has 0 spiro atoms. The number of H-pyrrole nitrogens is 1. The van der Waals surface area contributed by atoms with Crippen molar-refractivity contribution in [2.24, 2.45) is 0 Å². The van der Waals surface area contributed by atoms with Gasteiger partial charge in [0.05, 0.1) is 12.1 Å². The Hall–Kier alpha value is -4.30. The zero-order valence-electron chi connectivity index (χ0n) is 17.8. The lowest BCUT2D eigenvalue weighted by molar-refractivity contribution is -0.126. The van der Waals surface area contributed by atoms with E-state index in [1.165, 1.54) is 18.5 Å². The van der Waals surface area contributed by atoms with Crippen LogP contribution in [0.1, 0.15) is 16.7 Å². The van der Waals surface area contributed by atoms with Crippen LogP contribution < -0.4 is 17.0 Å². The standard InChI is InChI=1S/C25H23N5O3/c26-19-3-1-2-16(10-19)5-7-22(31)23(33-14-18-8-9-28-24(32)13-18)12-17-4-6-20-21(11-17)29-15-30-25(20)27/h1-11,13,15,23H,12,14,26H2,(H,28,32)(H2,27,29,30)/b7-5+/t23-/m0/s1. The van der Waals surface area contributed by atoms with E-state index in [9.17, 15) is 9.59 Å². The Labute approximate surface area is 190 Å². The van der Waals surface area contributed by atoms with Crippen molar-refractivity contribution in [1.82, 2.24) is 15.0 Å². The third-order valence-electron chi connectivity index (χ3n) is 5.11. The summed E-state index contributed by atoms with van der Waals surface area (Å²) < 4.78 is 5.96. The molecule has 0 aliphatic rings. The van der Waals surface area contributed by atoms with Crippen molar-refractivity contribution in [3.63, 3.8) is 0 Å². The molecular formula is C25H23N5O3. The number of hydrogen-bond acceptors (Lipinski definition) is 7. The molecule has 0 radical (unpaired) electrons. The van der Waals surface area contributed by atoms with Crippen molar-refractivity contribution >= 4 is 34.3 Å². The fraction of sp³-hybridized carbons (Fsp3) is 0.120. The molecule has 1 atom stereocenters. The van der Waals surface area contributed by atoms with Gasteiger partial charge in [-0.25, -0.2) is 9.97 Å². The molecule has 0 aliphatic carbocycles. The van der Waals surface area contributed by atoms with Crippen LogP contribution in [-0.4, -0.2) is 26.8 Å². The van der Waals surface area contributed by atoms with E-state index >= 15 is 0 Å². The zero-order valence-corrected chi connectivity index (χ0v) is 17.8. The van der Waals surface area contributed by atoms with Crippen molar-refractivity contribution in [2.75, 3.05) is 11.5 Å². The van der Waals surface area contributed by atoms with Gasteiger partial charge in [-0.2, -0.15) is 0 Å². The number of rotatable bonds is 8. The summed E-state index contributed by atoms with van der Waals surface area (Å²) in [5.74, 6) is 0.194. The lowest BCUT2D eigenvalue weighted by Gasteiger charge is -2.16. The Morgan fingerprint density at radius 2 is 1.94 bits per heavy atom. The summed E-state index contributed by atoms with van der Waals surface area (Å²) >= 11 is 0. The number of aromatic nitrogens is 3. The van der Waals surface area contributed by atoms with Crippen LogP contribution in [0.15, 0.2) is 78.0 Å². The number of ketones is 1. The highest BCUT2D eigenvalue weighted by molar-refractivity contribution is 5.97. The molecule has 0 bridgehead atoms. The second-order valence-electron chi connectivity index (χ2n) is 7.58. The second-order valence-corrected chi connectivity index (χ2v) is 7.58. The Bertz CT molecular complexity index is 1380. The first-order valence-electron chi connectivity index (χ1n) is 10.3. The number of pyridine rings is 1. The number of carbonyl (C=O) groups is 1. The van der Waals surface area contributed by atoms with Crippen LogP contribution >= 0.6 is 0 Å². The Kier molecular flexibility index (Phi) is 6.56. The van der Waals surface area contributed by atoms with Crippen LogP contribution in [0, 0.1) is 0 Å². The molecule has 8 nitrogen and oxygen atoms in total. The number of anilines is 2. The van der Waals surface area contributed by atoms with Gasteiger partial charge in [0.15, 0.2) is 5.78 Å². The van der Waals surface area contributed by atoms with Gasteiger partial charge in [0.2, 0.25) is 5.56 Å². The monoisotopic (exact) mass is 441 g/mol. The third-order valence-corrected chi connectivity index (χ3v) is 5.11. The number of aromatic amines is 1. The first-order valence-corrected chi connectivity index (χ1v) is 10.3. The van der Waals surface area contributed by atoms with E-state index in [1.807, 2.05) is 30.3 Å². The third kappa shape index (κ3) is 5.69. The molecule has 0 unspecified atom stereocenters. The maximum atomic E-state index is 13.1. The van der Waals surface area contributed by atoms with Crippen LogP contribution in [0.3, 0.4) is 0 Å². The number of nitrogens with zero attached hydrogens (tertiary/aromatic N) is 2. The Morgan fingerprint density at radius 1 is 1.06 bits per heavy atom. The van der Waals surface area contributed by atoms with Crippen LogP contribution in [0.2, 0.25) is 0 Å². The zero-order chi connectivity index (χ0) is 23.2. The largest absolute Gasteiger partial charge is 0.399 e. The van der Waals surface area contributed by atoms with E-state index in [0.717, 1.165) is 16.5 Å². The quantitative estimate of drug-likeness (QED) is 0.282. The molecule has 2 aromatic heterocycles. The number of benzene rings is 2. The highest BCUT2D eigenvalue weighted by atomic mass is 16.5. The van der Waals surface area contributed by atoms with Gasteiger partial charge in [-0.3, -0.25) is 9.59 Å². The summed E-state index contributed by atoms with van der Waals surface area (Å²) in [5.41, 5.74) is 15.2. The molecule has 166 valence electrons. The smallest absolute Gasteiger partial charge is 0.248 e. The van der Waals surface area contributed by atoms with E-state index < -0.39 is 6.10 Å². The van der Waals surface area contributed by atoms with Gasteiger partial charge in [-0.1, -0.05) is 24.3 Å². The molecule has 8 heteroatoms. The van der Waals surface area contributed by atoms with E-state index in [0.29, 0.717) is 29.0 Å². The summed E-state index contributed by atoms with van der Waals surface area (Å²) in [4.78, 5) is 35.5. The van der Waals surface area contributed by atoms with Crippen molar-refractivity contribution in [1.29, 1.82) is 0 Å². The first kappa shape index (κ1) is 21.9. The lowest BCUT2D eigenvalue weighted by Crippen LogP contribution is -2.25. The molecule has 5 N–H and O–H groups in total. The van der Waals surface area contributed by atoms with E-state index in [-0.39, 0.29) is 17.9 Å². The van der Waals surface area contributed by atoms with Crippen molar-refractivity contribution in [3.8, 4) is 0 Å². The SMILES string of the molecule is Nc1cccc(/C=C/C(=O)[C@H](Cc2ccc3c(N)ncnc3c2)OCc2cc[nH]c(=O)c2)c1. The topological polar surface area (TPSA) is 137 Å². The fourth-order valence-electron chi connectivity index (χ4n) is 3.43. The van der Waals surface area contributed by atoms with Crippen LogP contribution in [0.4, 0.5) is 11.5 Å². The normalized spacial score (nSPS) is 12.2. The Balaban J connectivity index is 1.57. The van der Waals surface area contributed by atoms with Crippen molar-refractivity contribution < 1.29 is 9.53 Å². The van der Waals surface area contributed by atoms with Crippen LogP contribution in [0.25, 0.3) is 17.0 Å². The molecule has 0 saturated carbocycles. The number of hydrogen-bond donors (Lipinski definition) is 3. The summed E-state index contributed by atoms with van der Waals surface area (Å²) in [6, 6.07) is 16.0. The average molecular weight is 441 g/mol. The number of nitrogens with two attached hydrogens (primary N) is 2. The van der Waals surface area contributed by atoms with Crippen molar-refractivity contribution in [3.05, 3.63) is 100 Å².